The summed E-state index contributed by atoms with van der Waals surface area (Å²) in [5, 5.41) is 77.1. The van der Waals surface area contributed by atoms with Gasteiger partial charge in [0.1, 0.15) is 18.3 Å². The van der Waals surface area contributed by atoms with Gasteiger partial charge in [0.05, 0.1) is 6.61 Å². The van der Waals surface area contributed by atoms with E-state index < -0.39 is 44.3 Å². The maximum Gasteiger partial charge on any atom is 1.00 e. The van der Waals surface area contributed by atoms with Crippen LogP contribution in [0.3, 0.4) is 0 Å². The number of aliphatic hydroxyl groups excluding tert-OH is 5. The van der Waals surface area contributed by atoms with Crippen molar-refractivity contribution in [1.82, 2.24) is 0 Å². The Bertz CT molecular complexity index is 220. The molecule has 4 atom stereocenters. The predicted molar refractivity (Wildman–Crippen MR) is 44.5 cm³/mol. The Morgan fingerprint density at radius 1 is 0.950 bits per heavy atom. The molecule has 0 radical (unpaired) electrons. The Morgan fingerprint density at radius 2 is 1.25 bits per heavy atom. The summed E-state index contributed by atoms with van der Waals surface area (Å²) < 4.78 is 0. The molecule has 0 aromatic rings. The van der Waals surface area contributed by atoms with Gasteiger partial charge in [-0.15, -0.1) is 0 Å². The molecule has 0 unspecified atom stereocenters. The maximum absolute atomic E-state index is 10.1. The van der Waals surface area contributed by atoms with Crippen molar-refractivity contribution in [2.24, 2.45) is 0 Å². The van der Waals surface area contributed by atoms with Gasteiger partial charge in [-0.1, -0.05) is 0 Å². The molecule has 0 aromatic carbocycles. The van der Waals surface area contributed by atoms with E-state index in [0.29, 0.717) is 0 Å². The molecule has 0 saturated carbocycles. The number of hydrogen-bond donors (Lipinski definition) is 6. The molecule has 0 rings (SSSR count). The SMILES string of the molecule is O=C(O)[C@H](O)[C@@H](O)[C@H](O)[C@H](O)CO.[Na+].[Na+].[Na+].[O-]B([O-])[O-]. The molecule has 0 bridgehead atoms. The zero-order valence-electron chi connectivity index (χ0n) is 11.4. The topological polar surface area (TPSA) is 208 Å². The third kappa shape index (κ3) is 18.3. The summed E-state index contributed by atoms with van der Waals surface area (Å²) in [7, 11) is -2.92. The minimum absolute atomic E-state index is 0. The fourth-order valence-corrected chi connectivity index (χ4v) is 0.668. The van der Waals surface area contributed by atoms with Gasteiger partial charge in [0.15, 0.2) is 6.10 Å². The summed E-state index contributed by atoms with van der Waals surface area (Å²) in [6, 6.07) is 0. The molecule has 0 aromatic heterocycles. The van der Waals surface area contributed by atoms with E-state index in [-0.39, 0.29) is 88.7 Å². The average molecular weight is 324 g/mol. The van der Waals surface area contributed by atoms with Gasteiger partial charge in [-0.05, 0) is 0 Å². The number of carbonyl (C=O) groups is 1. The van der Waals surface area contributed by atoms with Gasteiger partial charge >= 0.3 is 94.6 Å². The molecule has 0 aliphatic carbocycles. The van der Waals surface area contributed by atoms with Crippen LogP contribution in [0.2, 0.25) is 0 Å². The molecule has 14 heteroatoms. The van der Waals surface area contributed by atoms with Gasteiger partial charge in [-0.2, -0.15) is 0 Å². The van der Waals surface area contributed by atoms with Gasteiger partial charge in [-0.3, -0.25) is 7.32 Å². The average Bonchev–Trinajstić information content (AvgIpc) is 2.23. The molecule has 0 aliphatic heterocycles. The zero-order valence-corrected chi connectivity index (χ0v) is 17.4. The molecule has 6 N–H and O–H groups in total. The van der Waals surface area contributed by atoms with Crippen LogP contribution in [0, 0.1) is 0 Å². The quantitative estimate of drug-likeness (QED) is 0.263. The second kappa shape index (κ2) is 19.3. The van der Waals surface area contributed by atoms with E-state index in [1.165, 1.54) is 0 Å². The standard InChI is InChI=1S/C6H12O7.BO3.3Na/c7-1-2(8)3(9)4(10)5(11)6(12)13;2-1(3)4;;;/h2-5,7-11H,1H2,(H,12,13);;;;/q;-3;3*+1/t2-,3-,4+,5-;;;;/m1..../s1. The van der Waals surface area contributed by atoms with Crippen LogP contribution in [0.15, 0.2) is 0 Å². The van der Waals surface area contributed by atoms with E-state index >= 15 is 0 Å². The second-order valence-electron chi connectivity index (χ2n) is 2.80. The zero-order chi connectivity index (χ0) is 14.2. The number of aliphatic carboxylic acids is 1. The van der Waals surface area contributed by atoms with Crippen LogP contribution in [0.25, 0.3) is 0 Å². The van der Waals surface area contributed by atoms with Crippen LogP contribution in [-0.4, -0.2) is 75.0 Å². The normalized spacial score (nSPS) is 14.6. The van der Waals surface area contributed by atoms with Crippen LogP contribution in [0.5, 0.6) is 0 Å². The van der Waals surface area contributed by atoms with Gasteiger partial charge in [0.25, 0.3) is 0 Å². The van der Waals surface area contributed by atoms with E-state index in [1.807, 2.05) is 0 Å². The van der Waals surface area contributed by atoms with E-state index in [0.717, 1.165) is 0 Å². The number of hydrogen-bond acceptors (Lipinski definition) is 9. The summed E-state index contributed by atoms with van der Waals surface area (Å²) in [5.74, 6) is -1.73. The fourth-order valence-electron chi connectivity index (χ4n) is 0.668. The van der Waals surface area contributed by atoms with Crippen LogP contribution in [0.1, 0.15) is 0 Å². The molecule has 0 fully saturated rings. The van der Waals surface area contributed by atoms with Crippen molar-refractivity contribution < 1.29 is 139 Å². The summed E-state index contributed by atoms with van der Waals surface area (Å²) in [6.07, 6.45) is -7.84. The second-order valence-corrected chi connectivity index (χ2v) is 2.80. The molecule has 0 spiro atoms. The Morgan fingerprint density at radius 3 is 1.45 bits per heavy atom. The first-order valence-electron chi connectivity index (χ1n) is 4.18. The largest absolute Gasteiger partial charge is 1.00 e. The van der Waals surface area contributed by atoms with E-state index in [4.69, 9.17) is 45.7 Å². The van der Waals surface area contributed by atoms with Crippen molar-refractivity contribution in [3.63, 3.8) is 0 Å². The van der Waals surface area contributed by atoms with Crippen molar-refractivity contribution in [2.75, 3.05) is 6.61 Å². The van der Waals surface area contributed by atoms with E-state index in [2.05, 4.69) is 0 Å². The van der Waals surface area contributed by atoms with E-state index in [9.17, 15) is 4.79 Å². The monoisotopic (exact) mass is 324 g/mol. The molecule has 0 heterocycles. The van der Waals surface area contributed by atoms with Crippen molar-refractivity contribution in [1.29, 1.82) is 0 Å². The molecular formula is C6H12BNa3O10. The van der Waals surface area contributed by atoms with Crippen LogP contribution in [-0.2, 0) is 4.79 Å². The number of rotatable bonds is 5. The van der Waals surface area contributed by atoms with Crippen LogP contribution < -0.4 is 104 Å². The number of carboxylic acid groups (broad SMARTS) is 1. The fraction of sp³-hybridized carbons (Fsp3) is 0.833. The van der Waals surface area contributed by atoms with Gasteiger partial charge in [-0.25, -0.2) is 4.79 Å². The summed E-state index contributed by atoms with van der Waals surface area (Å²) in [4.78, 5) is 10.1. The molecular weight excluding hydrogens is 312 g/mol. The first-order valence-corrected chi connectivity index (χ1v) is 4.18. The number of aliphatic hydroxyl groups is 5. The molecule has 10 nitrogen and oxygen atoms in total. The van der Waals surface area contributed by atoms with Crippen LogP contribution in [0.4, 0.5) is 0 Å². The molecule has 102 valence electrons. The van der Waals surface area contributed by atoms with Gasteiger partial charge < -0.3 is 45.7 Å². The third-order valence-electron chi connectivity index (χ3n) is 1.51. The minimum Gasteiger partial charge on any atom is -0.907 e. The first kappa shape index (κ1) is 33.7. The first-order chi connectivity index (χ1) is 7.64. The van der Waals surface area contributed by atoms with Crippen LogP contribution >= 0.6 is 0 Å². The molecule has 0 saturated heterocycles. The maximum atomic E-state index is 10.1. The van der Waals surface area contributed by atoms with Crippen molar-refractivity contribution in [2.45, 2.75) is 24.4 Å². The van der Waals surface area contributed by atoms with Crippen molar-refractivity contribution >= 4 is 13.3 Å². The summed E-state index contributed by atoms with van der Waals surface area (Å²) >= 11 is 0. The molecule has 0 aliphatic rings. The Kier molecular flexibility index (Phi) is 32.5. The summed E-state index contributed by atoms with van der Waals surface area (Å²) in [5.41, 5.74) is 0. The Balaban J connectivity index is -0.0000000951. The van der Waals surface area contributed by atoms with E-state index in [1.54, 1.807) is 0 Å². The third-order valence-corrected chi connectivity index (χ3v) is 1.51. The van der Waals surface area contributed by atoms with Gasteiger partial charge in [0, 0.05) is 0 Å². The minimum atomic E-state index is -2.92. The number of carboxylic acids is 1. The predicted octanol–water partition coefficient (Wildman–Crippen LogP) is -16.4. The van der Waals surface area contributed by atoms with Gasteiger partial charge in [0.2, 0.25) is 0 Å². The Hall–Kier alpha value is 2.21. The smallest absolute Gasteiger partial charge is 0.907 e. The van der Waals surface area contributed by atoms with Crippen molar-refractivity contribution in [3.8, 4) is 0 Å². The summed E-state index contributed by atoms with van der Waals surface area (Å²) in [6.45, 7) is -0.843. The van der Waals surface area contributed by atoms with Crippen molar-refractivity contribution in [3.05, 3.63) is 0 Å². The molecule has 0 amide bonds. The molecule has 20 heavy (non-hydrogen) atoms. The Labute approximate surface area is 181 Å².